The fraction of sp³-hybridized carbons (Fsp3) is 0.300. The zero-order valence-corrected chi connectivity index (χ0v) is 14.9. The van der Waals surface area contributed by atoms with E-state index in [1.807, 2.05) is 36.4 Å². The number of anilines is 1. The Labute approximate surface area is 153 Å². The molecule has 0 heterocycles. The SMILES string of the molecule is COC(=O)CCCOc1ccc(CNC(=O)Cc2ccc(N)cc2)cc1. The minimum absolute atomic E-state index is 0.0436. The van der Waals surface area contributed by atoms with Crippen molar-refractivity contribution in [1.29, 1.82) is 0 Å². The molecule has 0 aliphatic carbocycles. The minimum Gasteiger partial charge on any atom is -0.494 e. The quantitative estimate of drug-likeness (QED) is 0.409. The topological polar surface area (TPSA) is 90.6 Å². The Bertz CT molecular complexity index is 712. The van der Waals surface area contributed by atoms with Gasteiger partial charge in [-0.05, 0) is 41.8 Å². The summed E-state index contributed by atoms with van der Waals surface area (Å²) in [5.74, 6) is 0.448. The van der Waals surface area contributed by atoms with Crippen LogP contribution in [0.4, 0.5) is 5.69 Å². The van der Waals surface area contributed by atoms with Crippen LogP contribution in [0.3, 0.4) is 0 Å². The molecular weight excluding hydrogens is 332 g/mol. The van der Waals surface area contributed by atoms with Crippen LogP contribution in [-0.4, -0.2) is 25.6 Å². The van der Waals surface area contributed by atoms with Gasteiger partial charge in [-0.3, -0.25) is 9.59 Å². The van der Waals surface area contributed by atoms with Crippen molar-refractivity contribution in [2.24, 2.45) is 0 Å². The van der Waals surface area contributed by atoms with Crippen molar-refractivity contribution in [3.05, 3.63) is 59.7 Å². The summed E-state index contributed by atoms with van der Waals surface area (Å²) >= 11 is 0. The Morgan fingerprint density at radius 2 is 1.65 bits per heavy atom. The lowest BCUT2D eigenvalue weighted by Gasteiger charge is -2.08. The molecule has 26 heavy (non-hydrogen) atoms. The fourth-order valence-corrected chi connectivity index (χ4v) is 2.30. The molecule has 3 N–H and O–H groups in total. The van der Waals surface area contributed by atoms with Gasteiger partial charge in [0.25, 0.3) is 0 Å². The van der Waals surface area contributed by atoms with Crippen molar-refractivity contribution >= 4 is 17.6 Å². The van der Waals surface area contributed by atoms with Crippen molar-refractivity contribution < 1.29 is 19.1 Å². The van der Waals surface area contributed by atoms with Crippen LogP contribution >= 0.6 is 0 Å². The monoisotopic (exact) mass is 356 g/mol. The van der Waals surface area contributed by atoms with E-state index < -0.39 is 0 Å². The van der Waals surface area contributed by atoms with Crippen LogP contribution in [0.5, 0.6) is 5.75 Å². The van der Waals surface area contributed by atoms with E-state index in [2.05, 4.69) is 10.1 Å². The molecule has 0 radical (unpaired) electrons. The molecule has 0 aliphatic rings. The van der Waals surface area contributed by atoms with Gasteiger partial charge in [0, 0.05) is 18.7 Å². The van der Waals surface area contributed by atoms with Gasteiger partial charge >= 0.3 is 5.97 Å². The summed E-state index contributed by atoms with van der Waals surface area (Å²) in [6, 6.07) is 14.8. The lowest BCUT2D eigenvalue weighted by Crippen LogP contribution is -2.24. The molecule has 2 aromatic rings. The van der Waals surface area contributed by atoms with Crippen molar-refractivity contribution in [3.63, 3.8) is 0 Å². The summed E-state index contributed by atoms with van der Waals surface area (Å²) in [6.45, 7) is 0.906. The summed E-state index contributed by atoms with van der Waals surface area (Å²) in [6.07, 6.45) is 1.27. The van der Waals surface area contributed by atoms with Crippen LogP contribution in [-0.2, 0) is 27.3 Å². The third kappa shape index (κ3) is 6.84. The van der Waals surface area contributed by atoms with Crippen molar-refractivity contribution in [2.75, 3.05) is 19.5 Å². The van der Waals surface area contributed by atoms with E-state index in [0.717, 1.165) is 16.9 Å². The van der Waals surface area contributed by atoms with Gasteiger partial charge in [0.15, 0.2) is 0 Å². The zero-order valence-electron chi connectivity index (χ0n) is 14.9. The van der Waals surface area contributed by atoms with Gasteiger partial charge in [-0.1, -0.05) is 24.3 Å². The molecule has 0 aliphatic heterocycles. The van der Waals surface area contributed by atoms with E-state index in [0.29, 0.717) is 38.1 Å². The average Bonchev–Trinajstić information content (AvgIpc) is 2.66. The van der Waals surface area contributed by atoms with E-state index >= 15 is 0 Å². The van der Waals surface area contributed by atoms with Gasteiger partial charge in [0.1, 0.15) is 5.75 Å². The maximum Gasteiger partial charge on any atom is 0.305 e. The fourth-order valence-electron chi connectivity index (χ4n) is 2.30. The molecule has 2 aromatic carbocycles. The van der Waals surface area contributed by atoms with Gasteiger partial charge < -0.3 is 20.5 Å². The molecule has 0 spiro atoms. The van der Waals surface area contributed by atoms with Crippen molar-refractivity contribution in [1.82, 2.24) is 5.32 Å². The number of carbonyl (C=O) groups is 2. The number of hydrogen-bond acceptors (Lipinski definition) is 5. The number of amides is 1. The smallest absolute Gasteiger partial charge is 0.305 e. The summed E-state index contributed by atoms with van der Waals surface area (Å²) in [5.41, 5.74) is 8.22. The zero-order chi connectivity index (χ0) is 18.8. The highest BCUT2D eigenvalue weighted by molar-refractivity contribution is 5.78. The summed E-state index contributed by atoms with van der Waals surface area (Å²) in [5, 5.41) is 2.89. The van der Waals surface area contributed by atoms with Crippen LogP contribution in [0.25, 0.3) is 0 Å². The van der Waals surface area contributed by atoms with Crippen LogP contribution < -0.4 is 15.8 Å². The van der Waals surface area contributed by atoms with Gasteiger partial charge in [-0.2, -0.15) is 0 Å². The predicted octanol–water partition coefficient (Wildman–Crippen LogP) is 2.46. The molecule has 2 rings (SSSR count). The predicted molar refractivity (Wildman–Crippen MR) is 99.6 cm³/mol. The average molecular weight is 356 g/mol. The highest BCUT2D eigenvalue weighted by Crippen LogP contribution is 2.13. The van der Waals surface area contributed by atoms with Crippen LogP contribution in [0.15, 0.2) is 48.5 Å². The molecule has 6 nitrogen and oxygen atoms in total. The lowest BCUT2D eigenvalue weighted by atomic mass is 10.1. The van der Waals surface area contributed by atoms with Crippen LogP contribution in [0.2, 0.25) is 0 Å². The summed E-state index contributed by atoms with van der Waals surface area (Å²) in [4.78, 5) is 23.0. The first-order valence-corrected chi connectivity index (χ1v) is 8.46. The van der Waals surface area contributed by atoms with Crippen molar-refractivity contribution in [2.45, 2.75) is 25.8 Å². The standard InChI is InChI=1S/C20H24N2O4/c1-25-20(24)3-2-12-26-18-10-6-16(7-11-18)14-22-19(23)13-15-4-8-17(21)9-5-15/h4-11H,2-3,12-14,21H2,1H3,(H,22,23). The molecule has 6 heteroatoms. The lowest BCUT2D eigenvalue weighted by molar-refractivity contribution is -0.140. The molecular formula is C20H24N2O4. The first kappa shape index (κ1) is 19.3. The molecule has 0 saturated carbocycles. The largest absolute Gasteiger partial charge is 0.494 e. The molecule has 0 unspecified atom stereocenters. The third-order valence-electron chi connectivity index (χ3n) is 3.78. The van der Waals surface area contributed by atoms with Crippen LogP contribution in [0, 0.1) is 0 Å². The van der Waals surface area contributed by atoms with E-state index in [9.17, 15) is 9.59 Å². The first-order chi connectivity index (χ1) is 12.6. The molecule has 138 valence electrons. The Morgan fingerprint density at radius 1 is 1.00 bits per heavy atom. The Hall–Kier alpha value is -3.02. The van der Waals surface area contributed by atoms with E-state index in [1.165, 1.54) is 7.11 Å². The number of ether oxygens (including phenoxy) is 2. The first-order valence-electron chi connectivity index (χ1n) is 8.46. The number of esters is 1. The molecule has 0 fully saturated rings. The summed E-state index contributed by atoms with van der Waals surface area (Å²) in [7, 11) is 1.37. The highest BCUT2D eigenvalue weighted by atomic mass is 16.5. The van der Waals surface area contributed by atoms with E-state index in [-0.39, 0.29) is 11.9 Å². The molecule has 0 atom stereocenters. The number of rotatable bonds is 9. The maximum absolute atomic E-state index is 12.0. The Morgan fingerprint density at radius 3 is 2.31 bits per heavy atom. The van der Waals surface area contributed by atoms with Gasteiger partial charge in [-0.25, -0.2) is 0 Å². The second kappa shape index (κ2) is 10.1. The number of benzene rings is 2. The molecule has 0 aromatic heterocycles. The molecule has 0 bridgehead atoms. The number of methoxy groups -OCH3 is 1. The van der Waals surface area contributed by atoms with Gasteiger partial charge in [0.2, 0.25) is 5.91 Å². The number of hydrogen-bond donors (Lipinski definition) is 2. The third-order valence-corrected chi connectivity index (χ3v) is 3.78. The summed E-state index contributed by atoms with van der Waals surface area (Å²) < 4.78 is 10.1. The highest BCUT2D eigenvalue weighted by Gasteiger charge is 2.04. The number of carbonyl (C=O) groups excluding carboxylic acids is 2. The van der Waals surface area contributed by atoms with E-state index in [1.54, 1.807) is 12.1 Å². The number of nitrogen functional groups attached to an aromatic ring is 1. The normalized spacial score (nSPS) is 10.2. The van der Waals surface area contributed by atoms with Gasteiger partial charge in [-0.15, -0.1) is 0 Å². The molecule has 0 saturated heterocycles. The second-order valence-corrected chi connectivity index (χ2v) is 5.87. The Balaban J connectivity index is 1.70. The maximum atomic E-state index is 12.0. The molecule has 1 amide bonds. The van der Waals surface area contributed by atoms with Gasteiger partial charge in [0.05, 0.1) is 20.1 Å². The second-order valence-electron chi connectivity index (χ2n) is 5.87. The number of nitrogens with one attached hydrogen (secondary N) is 1. The van der Waals surface area contributed by atoms with Crippen molar-refractivity contribution in [3.8, 4) is 5.75 Å². The number of nitrogens with two attached hydrogens (primary N) is 1. The minimum atomic E-state index is -0.237. The van der Waals surface area contributed by atoms with Crippen LogP contribution in [0.1, 0.15) is 24.0 Å². The Kier molecular flexibility index (Phi) is 7.49. The van der Waals surface area contributed by atoms with E-state index in [4.69, 9.17) is 10.5 Å².